The van der Waals surface area contributed by atoms with Crippen molar-refractivity contribution in [2.24, 2.45) is 5.73 Å². The third-order valence-corrected chi connectivity index (χ3v) is 2.74. The molecule has 0 fully saturated rings. The molecule has 2 rings (SSSR count). The zero-order valence-corrected chi connectivity index (χ0v) is 10.0. The Bertz CT molecular complexity index is 450. The topological polar surface area (TPSA) is 55.9 Å². The summed E-state index contributed by atoms with van der Waals surface area (Å²) in [6.07, 6.45) is 3.73. The van der Waals surface area contributed by atoms with E-state index in [1.165, 1.54) is 5.56 Å². The van der Waals surface area contributed by atoms with Crippen molar-refractivity contribution in [1.82, 2.24) is 15.1 Å². The van der Waals surface area contributed by atoms with Gasteiger partial charge in [0.1, 0.15) is 0 Å². The molecule has 1 heterocycles. The van der Waals surface area contributed by atoms with Crippen molar-refractivity contribution in [2.75, 3.05) is 6.54 Å². The first-order chi connectivity index (χ1) is 8.31. The molecule has 0 radical (unpaired) electrons. The standard InChI is InChI=1S/C13H18N4/c1-11(9-14)15-10-12-5-2-3-6-13(12)17-8-4-7-16-17/h2-8,11,15H,9-10,14H2,1H3. The molecule has 90 valence electrons. The first-order valence-electron chi connectivity index (χ1n) is 5.82. The minimum Gasteiger partial charge on any atom is -0.329 e. The molecule has 0 spiro atoms. The Morgan fingerprint density at radius 3 is 2.88 bits per heavy atom. The molecule has 4 heteroatoms. The van der Waals surface area contributed by atoms with Crippen LogP contribution in [0.4, 0.5) is 0 Å². The van der Waals surface area contributed by atoms with Crippen molar-refractivity contribution in [3.63, 3.8) is 0 Å². The fourth-order valence-electron chi connectivity index (χ4n) is 1.66. The monoisotopic (exact) mass is 230 g/mol. The van der Waals surface area contributed by atoms with Crippen molar-refractivity contribution in [3.05, 3.63) is 48.3 Å². The van der Waals surface area contributed by atoms with Gasteiger partial charge in [0.15, 0.2) is 0 Å². The van der Waals surface area contributed by atoms with Crippen molar-refractivity contribution in [2.45, 2.75) is 19.5 Å². The Labute approximate surface area is 101 Å². The van der Waals surface area contributed by atoms with Gasteiger partial charge < -0.3 is 11.1 Å². The maximum Gasteiger partial charge on any atom is 0.0690 e. The van der Waals surface area contributed by atoms with E-state index in [9.17, 15) is 0 Å². The smallest absolute Gasteiger partial charge is 0.0690 e. The molecule has 4 nitrogen and oxygen atoms in total. The second-order valence-corrected chi connectivity index (χ2v) is 4.10. The number of hydrogen-bond acceptors (Lipinski definition) is 3. The quantitative estimate of drug-likeness (QED) is 0.814. The maximum absolute atomic E-state index is 5.59. The van der Waals surface area contributed by atoms with Crippen LogP contribution in [-0.4, -0.2) is 22.4 Å². The SMILES string of the molecule is CC(CN)NCc1ccccc1-n1cccn1. The molecule has 0 saturated carbocycles. The van der Waals surface area contributed by atoms with E-state index in [2.05, 4.69) is 29.5 Å². The van der Waals surface area contributed by atoms with Crippen molar-refractivity contribution in [1.29, 1.82) is 0 Å². The van der Waals surface area contributed by atoms with Gasteiger partial charge in [0.25, 0.3) is 0 Å². The summed E-state index contributed by atoms with van der Waals surface area (Å²) in [5.41, 5.74) is 7.91. The number of benzene rings is 1. The van der Waals surface area contributed by atoms with E-state index in [1.54, 1.807) is 6.20 Å². The van der Waals surface area contributed by atoms with Crippen LogP contribution in [0.2, 0.25) is 0 Å². The van der Waals surface area contributed by atoms with Crippen LogP contribution < -0.4 is 11.1 Å². The summed E-state index contributed by atoms with van der Waals surface area (Å²) < 4.78 is 1.88. The van der Waals surface area contributed by atoms with Crippen molar-refractivity contribution in [3.8, 4) is 5.69 Å². The Morgan fingerprint density at radius 1 is 1.35 bits per heavy atom. The minimum atomic E-state index is 0.320. The van der Waals surface area contributed by atoms with Gasteiger partial charge in [-0.15, -0.1) is 0 Å². The van der Waals surface area contributed by atoms with E-state index in [1.807, 2.05) is 29.1 Å². The van der Waals surface area contributed by atoms with Gasteiger partial charge in [-0.3, -0.25) is 0 Å². The summed E-state index contributed by atoms with van der Waals surface area (Å²) in [5.74, 6) is 0. The van der Waals surface area contributed by atoms with Crippen LogP contribution in [0.3, 0.4) is 0 Å². The predicted molar refractivity (Wildman–Crippen MR) is 68.9 cm³/mol. The number of rotatable bonds is 5. The highest BCUT2D eigenvalue weighted by Gasteiger charge is 2.05. The molecule has 0 aliphatic carbocycles. The van der Waals surface area contributed by atoms with Gasteiger partial charge in [0.2, 0.25) is 0 Å². The third-order valence-electron chi connectivity index (χ3n) is 2.74. The molecule has 1 atom stereocenters. The second kappa shape index (κ2) is 5.61. The molecule has 17 heavy (non-hydrogen) atoms. The lowest BCUT2D eigenvalue weighted by Crippen LogP contribution is -2.32. The van der Waals surface area contributed by atoms with Crippen LogP contribution in [0, 0.1) is 0 Å². The second-order valence-electron chi connectivity index (χ2n) is 4.10. The van der Waals surface area contributed by atoms with Crippen LogP contribution in [-0.2, 0) is 6.54 Å². The highest BCUT2D eigenvalue weighted by molar-refractivity contribution is 5.40. The summed E-state index contributed by atoms with van der Waals surface area (Å²) in [6, 6.07) is 10.5. The van der Waals surface area contributed by atoms with E-state index in [0.717, 1.165) is 12.2 Å². The molecule has 0 aliphatic rings. The number of aromatic nitrogens is 2. The molecule has 0 amide bonds. The summed E-state index contributed by atoms with van der Waals surface area (Å²) in [6.45, 7) is 3.52. The fraction of sp³-hybridized carbons (Fsp3) is 0.308. The van der Waals surface area contributed by atoms with E-state index in [0.29, 0.717) is 12.6 Å². The first kappa shape index (κ1) is 11.8. The number of para-hydroxylation sites is 1. The summed E-state index contributed by atoms with van der Waals surface area (Å²) >= 11 is 0. The molecule has 0 bridgehead atoms. The van der Waals surface area contributed by atoms with Gasteiger partial charge in [0, 0.05) is 31.5 Å². The summed E-state index contributed by atoms with van der Waals surface area (Å²) in [4.78, 5) is 0. The molecule has 0 saturated heterocycles. The molecule has 3 N–H and O–H groups in total. The lowest BCUT2D eigenvalue weighted by molar-refractivity contribution is 0.555. The largest absolute Gasteiger partial charge is 0.329 e. The van der Waals surface area contributed by atoms with Gasteiger partial charge in [-0.25, -0.2) is 4.68 Å². The van der Waals surface area contributed by atoms with Crippen LogP contribution in [0.15, 0.2) is 42.7 Å². The molecule has 1 aromatic carbocycles. The number of hydrogen-bond donors (Lipinski definition) is 2. The summed E-state index contributed by atoms with van der Waals surface area (Å²) in [5, 5.41) is 7.64. The van der Waals surface area contributed by atoms with Crippen molar-refractivity contribution < 1.29 is 0 Å². The van der Waals surface area contributed by atoms with Crippen LogP contribution in [0.5, 0.6) is 0 Å². The Morgan fingerprint density at radius 2 is 2.18 bits per heavy atom. The number of nitrogens with two attached hydrogens (primary N) is 1. The van der Waals surface area contributed by atoms with Gasteiger partial charge in [-0.1, -0.05) is 18.2 Å². The predicted octanol–water partition coefficient (Wildman–Crippen LogP) is 1.31. The van der Waals surface area contributed by atoms with E-state index < -0.39 is 0 Å². The normalized spacial score (nSPS) is 12.6. The van der Waals surface area contributed by atoms with Gasteiger partial charge in [-0.2, -0.15) is 5.10 Å². The van der Waals surface area contributed by atoms with E-state index in [4.69, 9.17) is 5.73 Å². The van der Waals surface area contributed by atoms with Crippen LogP contribution >= 0.6 is 0 Å². The number of nitrogens with one attached hydrogen (secondary N) is 1. The highest BCUT2D eigenvalue weighted by Crippen LogP contribution is 2.13. The van der Waals surface area contributed by atoms with E-state index in [-0.39, 0.29) is 0 Å². The number of nitrogens with zero attached hydrogens (tertiary/aromatic N) is 2. The molecule has 1 unspecified atom stereocenters. The van der Waals surface area contributed by atoms with Crippen LogP contribution in [0.1, 0.15) is 12.5 Å². The lowest BCUT2D eigenvalue weighted by Gasteiger charge is -2.14. The zero-order chi connectivity index (χ0) is 12.1. The average Bonchev–Trinajstić information content (AvgIpc) is 2.90. The molecular weight excluding hydrogens is 212 g/mol. The van der Waals surface area contributed by atoms with Crippen LogP contribution in [0.25, 0.3) is 5.69 Å². The Kier molecular flexibility index (Phi) is 3.90. The van der Waals surface area contributed by atoms with Gasteiger partial charge >= 0.3 is 0 Å². The molecule has 1 aromatic heterocycles. The zero-order valence-electron chi connectivity index (χ0n) is 10.0. The molecule has 2 aromatic rings. The van der Waals surface area contributed by atoms with E-state index >= 15 is 0 Å². The minimum absolute atomic E-state index is 0.320. The average molecular weight is 230 g/mol. The Hall–Kier alpha value is -1.65. The first-order valence-corrected chi connectivity index (χ1v) is 5.82. The van der Waals surface area contributed by atoms with Crippen molar-refractivity contribution >= 4 is 0 Å². The van der Waals surface area contributed by atoms with Gasteiger partial charge in [-0.05, 0) is 24.6 Å². The Balaban J connectivity index is 2.17. The molecule has 0 aliphatic heterocycles. The lowest BCUT2D eigenvalue weighted by atomic mass is 10.1. The maximum atomic E-state index is 5.59. The fourth-order valence-corrected chi connectivity index (χ4v) is 1.66. The third kappa shape index (κ3) is 2.93. The summed E-state index contributed by atoms with van der Waals surface area (Å²) in [7, 11) is 0. The highest BCUT2D eigenvalue weighted by atomic mass is 15.3. The van der Waals surface area contributed by atoms with Gasteiger partial charge in [0.05, 0.1) is 5.69 Å². The molecular formula is C13H18N4.